The molecule has 0 amide bonds. The zero-order valence-electron chi connectivity index (χ0n) is 9.74. The molecule has 0 spiro atoms. The van der Waals surface area contributed by atoms with Gasteiger partial charge in [0.05, 0.1) is 11.5 Å². The van der Waals surface area contributed by atoms with Crippen molar-refractivity contribution < 1.29 is 29.9 Å². The van der Waals surface area contributed by atoms with Gasteiger partial charge in [0.15, 0.2) is 11.9 Å². The number of carbonyl (C=O) groups excluding carboxylic acids is 1. The molecule has 2 rings (SSSR count). The Morgan fingerprint density at radius 1 is 1.11 bits per heavy atom. The van der Waals surface area contributed by atoms with Crippen LogP contribution < -0.4 is 10.1 Å². The number of aromatic amines is 1. The fourth-order valence-electron chi connectivity index (χ4n) is 1.16. The van der Waals surface area contributed by atoms with Gasteiger partial charge in [-0.15, -0.1) is 0 Å². The highest BCUT2D eigenvalue weighted by Gasteiger charge is 2.02. The maximum atomic E-state index is 10.4. The lowest BCUT2D eigenvalue weighted by molar-refractivity contribution is -0.379. The molecule has 0 unspecified atom stereocenters. The second-order valence-corrected chi connectivity index (χ2v) is 3.44. The van der Waals surface area contributed by atoms with Crippen molar-refractivity contribution in [2.75, 3.05) is 0 Å². The minimum absolute atomic E-state index is 0.0586. The van der Waals surface area contributed by atoms with Crippen molar-refractivity contribution in [2.45, 2.75) is 0 Å². The monoisotopic (exact) mass is 261 g/mol. The molecule has 0 fully saturated rings. The third-order valence-corrected chi connectivity index (χ3v) is 2.04. The van der Waals surface area contributed by atoms with Crippen molar-refractivity contribution in [3.63, 3.8) is 0 Å². The molecule has 6 heteroatoms. The van der Waals surface area contributed by atoms with Gasteiger partial charge in [0, 0.05) is 6.07 Å². The molecule has 0 radical (unpaired) electrons. The van der Waals surface area contributed by atoms with E-state index in [0.717, 1.165) is 6.07 Å². The van der Waals surface area contributed by atoms with E-state index in [1.807, 2.05) is 0 Å². The summed E-state index contributed by atoms with van der Waals surface area (Å²) in [4.78, 5) is 23.3. The summed E-state index contributed by atoms with van der Waals surface area (Å²) in [6.07, 6.45) is 3.25. The maximum Gasteiger partial charge on any atom is 0.335 e. The number of aromatic nitrogens is 1. The number of H-pyrrole nitrogens is 1. The van der Waals surface area contributed by atoms with Crippen LogP contribution in [0.15, 0.2) is 48.8 Å². The Hall–Kier alpha value is -2.89. The number of aromatic carboxylic acids is 2. The molecule has 3 N–H and O–H groups in total. The number of nitrogens with one attached hydrogen (secondary N) is 1. The second-order valence-electron chi connectivity index (χ2n) is 3.44. The molecular weight excluding hydrogens is 250 g/mol. The van der Waals surface area contributed by atoms with Crippen LogP contribution in [0, 0.1) is 0 Å². The van der Waals surface area contributed by atoms with Crippen LogP contribution in [0.3, 0.4) is 0 Å². The maximum absolute atomic E-state index is 10.4. The fourth-order valence-corrected chi connectivity index (χ4v) is 1.16. The minimum Gasteiger partial charge on any atom is -0.545 e. The number of hydrogen-bond acceptors (Lipinski definition) is 4. The molecule has 0 saturated carbocycles. The largest absolute Gasteiger partial charge is 0.545 e. The number of carboxylic acid groups (broad SMARTS) is 2. The molecule has 1 heterocycles. The number of benzene rings is 1. The molecule has 0 aliphatic heterocycles. The standard InChI is InChI=1S/C8H6O4.C5H5NO/c9-7(10)5-2-1-3-6(4-5)8(11)12;7-5-2-1-3-6-4-5/h1-4H,(H,9,10)(H,11,12);1-4,7H. The zero-order valence-corrected chi connectivity index (χ0v) is 9.74. The van der Waals surface area contributed by atoms with Gasteiger partial charge in [-0.25, -0.2) is 9.78 Å². The third kappa shape index (κ3) is 4.86. The van der Waals surface area contributed by atoms with Crippen LogP contribution in [0.25, 0.3) is 0 Å². The van der Waals surface area contributed by atoms with E-state index in [4.69, 9.17) is 10.2 Å². The molecule has 6 nitrogen and oxygen atoms in total. The number of aromatic hydroxyl groups is 1. The lowest BCUT2D eigenvalue weighted by Crippen LogP contribution is -2.22. The molecule has 0 saturated heterocycles. The molecule has 19 heavy (non-hydrogen) atoms. The van der Waals surface area contributed by atoms with E-state index in [1.165, 1.54) is 24.4 Å². The normalized spacial score (nSPS) is 9.05. The Bertz CT molecular complexity index is 539. The van der Waals surface area contributed by atoms with Gasteiger partial charge in [-0.3, -0.25) is 0 Å². The number of carboxylic acids is 2. The SMILES string of the molecule is O=C([O-])c1cccc(C(=O)O)c1.Oc1ccc[nH+]c1. The first-order chi connectivity index (χ1) is 9.00. The fraction of sp³-hybridized carbons (Fsp3) is 0. The average molecular weight is 261 g/mol. The van der Waals surface area contributed by atoms with Crippen molar-refractivity contribution in [2.24, 2.45) is 0 Å². The predicted molar refractivity (Wildman–Crippen MR) is 62.4 cm³/mol. The first kappa shape index (κ1) is 14.2. The van der Waals surface area contributed by atoms with Crippen molar-refractivity contribution in [3.8, 4) is 5.75 Å². The quantitative estimate of drug-likeness (QED) is 0.787. The highest BCUT2D eigenvalue weighted by Crippen LogP contribution is 2.03. The summed E-state index contributed by atoms with van der Waals surface area (Å²) < 4.78 is 0. The number of hydrogen-bond donors (Lipinski definition) is 2. The Morgan fingerprint density at radius 3 is 2.21 bits per heavy atom. The van der Waals surface area contributed by atoms with Gasteiger partial charge in [-0.1, -0.05) is 12.1 Å². The van der Waals surface area contributed by atoms with Crippen LogP contribution in [0.4, 0.5) is 0 Å². The summed E-state index contributed by atoms with van der Waals surface area (Å²) >= 11 is 0. The minimum atomic E-state index is -1.38. The molecular formula is C13H11NO5. The molecule has 0 aliphatic rings. The Kier molecular flexibility index (Phi) is 5.04. The highest BCUT2D eigenvalue weighted by atomic mass is 16.4. The van der Waals surface area contributed by atoms with Gasteiger partial charge < -0.3 is 20.1 Å². The van der Waals surface area contributed by atoms with Gasteiger partial charge in [0.1, 0.15) is 0 Å². The van der Waals surface area contributed by atoms with E-state index < -0.39 is 11.9 Å². The van der Waals surface area contributed by atoms with E-state index in [2.05, 4.69) is 4.98 Å². The predicted octanol–water partition coefficient (Wildman–Crippen LogP) is -0.0454. The van der Waals surface area contributed by atoms with Gasteiger partial charge in [0.25, 0.3) is 0 Å². The first-order valence-corrected chi connectivity index (χ1v) is 5.20. The lowest BCUT2D eigenvalue weighted by Gasteiger charge is -2.01. The van der Waals surface area contributed by atoms with Crippen molar-refractivity contribution in [3.05, 3.63) is 59.9 Å². The van der Waals surface area contributed by atoms with Crippen LogP contribution in [-0.2, 0) is 0 Å². The summed E-state index contributed by atoms with van der Waals surface area (Å²) in [6.45, 7) is 0. The molecule has 2 aromatic rings. The van der Waals surface area contributed by atoms with E-state index in [0.29, 0.717) is 0 Å². The summed E-state index contributed by atoms with van der Waals surface area (Å²) in [5, 5.41) is 27.4. The number of carbonyl (C=O) groups is 2. The van der Waals surface area contributed by atoms with E-state index >= 15 is 0 Å². The second kappa shape index (κ2) is 6.75. The Balaban J connectivity index is 0.000000218. The molecule has 0 bridgehead atoms. The average Bonchev–Trinajstić information content (AvgIpc) is 2.40. The Labute approximate surface area is 108 Å². The molecule has 1 aromatic heterocycles. The van der Waals surface area contributed by atoms with E-state index in [-0.39, 0.29) is 16.9 Å². The smallest absolute Gasteiger partial charge is 0.335 e. The molecule has 0 atom stereocenters. The van der Waals surface area contributed by atoms with E-state index in [1.54, 1.807) is 18.3 Å². The Morgan fingerprint density at radius 2 is 1.79 bits per heavy atom. The lowest BCUT2D eigenvalue weighted by atomic mass is 10.1. The highest BCUT2D eigenvalue weighted by molar-refractivity contribution is 5.92. The van der Waals surface area contributed by atoms with Crippen molar-refractivity contribution >= 4 is 11.9 Å². The van der Waals surface area contributed by atoms with Gasteiger partial charge in [-0.2, -0.15) is 0 Å². The van der Waals surface area contributed by atoms with Crippen LogP contribution in [0.1, 0.15) is 20.7 Å². The first-order valence-electron chi connectivity index (χ1n) is 5.20. The summed E-state index contributed by atoms with van der Waals surface area (Å²) in [7, 11) is 0. The number of rotatable bonds is 2. The van der Waals surface area contributed by atoms with Crippen LogP contribution >= 0.6 is 0 Å². The van der Waals surface area contributed by atoms with Crippen LogP contribution in [-0.4, -0.2) is 22.2 Å². The van der Waals surface area contributed by atoms with Gasteiger partial charge >= 0.3 is 5.97 Å². The number of pyridine rings is 1. The third-order valence-electron chi connectivity index (χ3n) is 2.04. The molecule has 98 valence electrons. The van der Waals surface area contributed by atoms with Crippen molar-refractivity contribution in [1.29, 1.82) is 0 Å². The summed E-state index contributed by atoms with van der Waals surface area (Å²) in [6, 6.07) is 8.34. The van der Waals surface area contributed by atoms with Crippen molar-refractivity contribution in [1.82, 2.24) is 0 Å². The van der Waals surface area contributed by atoms with Crippen LogP contribution in [0.5, 0.6) is 5.75 Å². The van der Waals surface area contributed by atoms with Crippen LogP contribution in [0.2, 0.25) is 0 Å². The summed E-state index contributed by atoms with van der Waals surface area (Å²) in [5.41, 5.74) is -0.188. The summed E-state index contributed by atoms with van der Waals surface area (Å²) in [5.74, 6) is -2.27. The molecule has 0 aliphatic carbocycles. The van der Waals surface area contributed by atoms with E-state index in [9.17, 15) is 14.7 Å². The van der Waals surface area contributed by atoms with Gasteiger partial charge in [0.2, 0.25) is 6.20 Å². The zero-order chi connectivity index (χ0) is 14.3. The topological polar surface area (TPSA) is 112 Å². The van der Waals surface area contributed by atoms with Gasteiger partial charge in [-0.05, 0) is 23.8 Å². The molecule has 1 aromatic carbocycles.